The quantitative estimate of drug-likeness (QED) is 0.626. The first-order valence-corrected chi connectivity index (χ1v) is 7.79. The summed E-state index contributed by atoms with van der Waals surface area (Å²) in [6, 6.07) is 6.06. The Hall–Kier alpha value is -0.0900. The van der Waals surface area contributed by atoms with Gasteiger partial charge in [0.25, 0.3) is 0 Å². The SMILES string of the molecule is NNC(CC1CCCCC1)c1cc(Cl)ccc1Br. The zero-order valence-electron chi connectivity index (χ0n) is 10.5. The molecule has 2 rings (SSSR count). The molecule has 0 spiro atoms. The van der Waals surface area contributed by atoms with Crippen LogP contribution in [-0.4, -0.2) is 0 Å². The van der Waals surface area contributed by atoms with E-state index in [9.17, 15) is 0 Å². The molecule has 2 nitrogen and oxygen atoms in total. The number of nitrogens with two attached hydrogens (primary N) is 1. The van der Waals surface area contributed by atoms with Gasteiger partial charge in [-0.15, -0.1) is 0 Å². The van der Waals surface area contributed by atoms with Crippen molar-refractivity contribution in [2.45, 2.75) is 44.6 Å². The highest BCUT2D eigenvalue weighted by Crippen LogP contribution is 2.34. The van der Waals surface area contributed by atoms with Crippen LogP contribution in [0.2, 0.25) is 5.02 Å². The van der Waals surface area contributed by atoms with Crippen LogP contribution in [0.1, 0.15) is 50.1 Å². The van der Waals surface area contributed by atoms with Crippen molar-refractivity contribution < 1.29 is 0 Å². The Morgan fingerprint density at radius 2 is 2.06 bits per heavy atom. The topological polar surface area (TPSA) is 38.0 Å². The number of rotatable bonds is 4. The molecule has 1 aliphatic carbocycles. The number of hydrogen-bond donors (Lipinski definition) is 2. The molecule has 0 heterocycles. The van der Waals surface area contributed by atoms with Gasteiger partial charge in [0, 0.05) is 15.5 Å². The number of nitrogens with one attached hydrogen (secondary N) is 1. The third-order valence-electron chi connectivity index (χ3n) is 3.83. The van der Waals surface area contributed by atoms with E-state index in [1.54, 1.807) is 0 Å². The highest BCUT2D eigenvalue weighted by Gasteiger charge is 2.21. The summed E-state index contributed by atoms with van der Waals surface area (Å²) in [6.07, 6.45) is 7.86. The van der Waals surface area contributed by atoms with Crippen molar-refractivity contribution in [3.8, 4) is 0 Å². The second-order valence-corrected chi connectivity index (χ2v) is 6.42. The zero-order valence-corrected chi connectivity index (χ0v) is 12.8. The van der Waals surface area contributed by atoms with Gasteiger partial charge < -0.3 is 0 Å². The van der Waals surface area contributed by atoms with E-state index in [-0.39, 0.29) is 6.04 Å². The van der Waals surface area contributed by atoms with Crippen LogP contribution in [-0.2, 0) is 0 Å². The van der Waals surface area contributed by atoms with Gasteiger partial charge in [-0.3, -0.25) is 11.3 Å². The smallest absolute Gasteiger partial charge is 0.0474 e. The fraction of sp³-hybridized carbons (Fsp3) is 0.571. The summed E-state index contributed by atoms with van der Waals surface area (Å²) >= 11 is 9.65. The first-order chi connectivity index (χ1) is 8.70. The molecule has 1 saturated carbocycles. The maximum atomic E-state index is 6.07. The molecule has 1 atom stereocenters. The lowest BCUT2D eigenvalue weighted by Crippen LogP contribution is -2.30. The third kappa shape index (κ3) is 3.70. The zero-order chi connectivity index (χ0) is 13.0. The van der Waals surface area contributed by atoms with Gasteiger partial charge in [0.05, 0.1) is 0 Å². The molecular formula is C14H20BrClN2. The van der Waals surface area contributed by atoms with Gasteiger partial charge in [-0.1, -0.05) is 59.6 Å². The molecule has 1 fully saturated rings. The van der Waals surface area contributed by atoms with Gasteiger partial charge in [0.2, 0.25) is 0 Å². The lowest BCUT2D eigenvalue weighted by atomic mass is 9.83. The van der Waals surface area contributed by atoms with E-state index < -0.39 is 0 Å². The predicted molar refractivity (Wildman–Crippen MR) is 80.4 cm³/mol. The molecule has 1 unspecified atom stereocenters. The van der Waals surface area contributed by atoms with Crippen molar-refractivity contribution >= 4 is 27.5 Å². The standard InChI is InChI=1S/C14H20BrClN2/c15-13-7-6-11(16)9-12(13)14(18-17)8-10-4-2-1-3-5-10/h6-7,9-10,14,18H,1-5,8,17H2. The van der Waals surface area contributed by atoms with Crippen molar-refractivity contribution in [1.29, 1.82) is 0 Å². The summed E-state index contributed by atoms with van der Waals surface area (Å²) < 4.78 is 1.07. The van der Waals surface area contributed by atoms with Gasteiger partial charge in [-0.05, 0) is 36.1 Å². The molecule has 1 aromatic carbocycles. The van der Waals surface area contributed by atoms with E-state index in [4.69, 9.17) is 17.4 Å². The second-order valence-electron chi connectivity index (χ2n) is 5.12. The molecule has 0 aromatic heterocycles. The fourth-order valence-corrected chi connectivity index (χ4v) is 3.53. The average molecular weight is 332 g/mol. The lowest BCUT2D eigenvalue weighted by molar-refractivity contribution is 0.300. The highest BCUT2D eigenvalue weighted by atomic mass is 79.9. The Morgan fingerprint density at radius 1 is 1.33 bits per heavy atom. The summed E-state index contributed by atoms with van der Waals surface area (Å²) in [7, 11) is 0. The van der Waals surface area contributed by atoms with Crippen LogP contribution in [0, 0.1) is 5.92 Å². The minimum absolute atomic E-state index is 0.182. The van der Waals surface area contributed by atoms with Gasteiger partial charge in [-0.25, -0.2) is 0 Å². The maximum absolute atomic E-state index is 6.07. The van der Waals surface area contributed by atoms with Gasteiger partial charge >= 0.3 is 0 Å². The lowest BCUT2D eigenvalue weighted by Gasteiger charge is -2.27. The maximum Gasteiger partial charge on any atom is 0.0474 e. The van der Waals surface area contributed by atoms with E-state index in [2.05, 4.69) is 21.4 Å². The molecule has 0 bridgehead atoms. The van der Waals surface area contributed by atoms with Crippen LogP contribution < -0.4 is 11.3 Å². The second kappa shape index (κ2) is 6.90. The molecule has 1 aliphatic rings. The molecule has 3 N–H and O–H groups in total. The monoisotopic (exact) mass is 330 g/mol. The molecule has 1 aromatic rings. The molecule has 100 valence electrons. The van der Waals surface area contributed by atoms with Crippen LogP contribution in [0.15, 0.2) is 22.7 Å². The largest absolute Gasteiger partial charge is 0.271 e. The molecule has 0 aliphatic heterocycles. The Bertz CT molecular complexity index is 391. The van der Waals surface area contributed by atoms with Crippen LogP contribution in [0.5, 0.6) is 0 Å². The predicted octanol–water partition coefficient (Wildman–Crippen LogP) is 4.58. The average Bonchev–Trinajstić information content (AvgIpc) is 2.40. The Kier molecular flexibility index (Phi) is 5.49. The molecular weight excluding hydrogens is 312 g/mol. The summed E-state index contributed by atoms with van der Waals surface area (Å²) in [5.74, 6) is 6.51. The molecule has 0 saturated heterocycles. The number of benzene rings is 1. The summed E-state index contributed by atoms with van der Waals surface area (Å²) in [5, 5.41) is 0.761. The Morgan fingerprint density at radius 3 is 2.72 bits per heavy atom. The minimum Gasteiger partial charge on any atom is -0.271 e. The van der Waals surface area contributed by atoms with Crippen LogP contribution >= 0.6 is 27.5 Å². The Balaban J connectivity index is 2.09. The van der Waals surface area contributed by atoms with E-state index in [1.165, 1.54) is 32.1 Å². The Labute approximate surface area is 122 Å². The fourth-order valence-electron chi connectivity index (χ4n) is 2.82. The van der Waals surface area contributed by atoms with Crippen molar-refractivity contribution in [3.63, 3.8) is 0 Å². The molecule has 0 radical (unpaired) electrons. The van der Waals surface area contributed by atoms with E-state index in [1.807, 2.05) is 18.2 Å². The molecule has 0 amide bonds. The third-order valence-corrected chi connectivity index (χ3v) is 4.79. The van der Waals surface area contributed by atoms with Crippen molar-refractivity contribution in [2.24, 2.45) is 11.8 Å². The van der Waals surface area contributed by atoms with Gasteiger partial charge in [0.15, 0.2) is 0 Å². The van der Waals surface area contributed by atoms with Crippen molar-refractivity contribution in [3.05, 3.63) is 33.3 Å². The van der Waals surface area contributed by atoms with Crippen LogP contribution in [0.3, 0.4) is 0 Å². The van der Waals surface area contributed by atoms with Crippen molar-refractivity contribution in [2.75, 3.05) is 0 Å². The van der Waals surface area contributed by atoms with Crippen LogP contribution in [0.4, 0.5) is 0 Å². The van der Waals surface area contributed by atoms with E-state index >= 15 is 0 Å². The normalized spacial score (nSPS) is 18.8. The number of hydrazine groups is 1. The van der Waals surface area contributed by atoms with Crippen LogP contribution in [0.25, 0.3) is 0 Å². The summed E-state index contributed by atoms with van der Waals surface area (Å²) in [4.78, 5) is 0. The first kappa shape index (κ1) is 14.3. The summed E-state index contributed by atoms with van der Waals surface area (Å²) in [6.45, 7) is 0. The highest BCUT2D eigenvalue weighted by molar-refractivity contribution is 9.10. The molecule has 18 heavy (non-hydrogen) atoms. The van der Waals surface area contributed by atoms with Gasteiger partial charge in [0.1, 0.15) is 0 Å². The van der Waals surface area contributed by atoms with E-state index in [0.717, 1.165) is 27.4 Å². The number of hydrogen-bond acceptors (Lipinski definition) is 2. The molecule has 4 heteroatoms. The minimum atomic E-state index is 0.182. The number of halogens is 2. The van der Waals surface area contributed by atoms with Crippen molar-refractivity contribution in [1.82, 2.24) is 5.43 Å². The summed E-state index contributed by atoms with van der Waals surface area (Å²) in [5.41, 5.74) is 4.11. The van der Waals surface area contributed by atoms with E-state index in [0.29, 0.717) is 0 Å². The first-order valence-electron chi connectivity index (χ1n) is 6.62. The van der Waals surface area contributed by atoms with Gasteiger partial charge in [-0.2, -0.15) is 0 Å².